The lowest BCUT2D eigenvalue weighted by Crippen LogP contribution is -2.23. The summed E-state index contributed by atoms with van der Waals surface area (Å²) in [5.41, 5.74) is 0. The van der Waals surface area contributed by atoms with Crippen LogP contribution < -0.4 is 4.89 Å². The zero-order valence-corrected chi connectivity index (χ0v) is 9.82. The third kappa shape index (κ3) is 2.71. The van der Waals surface area contributed by atoms with Crippen molar-refractivity contribution in [3.63, 3.8) is 0 Å². The molecule has 0 amide bonds. The molecule has 1 N–H and O–H groups in total. The van der Waals surface area contributed by atoms with E-state index < -0.39 is 26.6 Å². The molecule has 0 bridgehead atoms. The Kier molecular flexibility index (Phi) is 3.77. The third-order valence-electron chi connectivity index (χ3n) is 1.42. The molecular weight excluding hydrogens is 296 g/mol. The molecule has 0 aromatic heterocycles. The van der Waals surface area contributed by atoms with Crippen molar-refractivity contribution in [2.75, 3.05) is 7.11 Å². The molecule has 0 saturated carbocycles. The Morgan fingerprint density at radius 3 is 2.47 bits per heavy atom. The Morgan fingerprint density at radius 1 is 1.40 bits per heavy atom. The Hall–Kier alpha value is -0.570. The first-order valence-corrected chi connectivity index (χ1v) is 5.85. The Balaban J connectivity index is 3.38. The molecule has 1 aromatic rings. The van der Waals surface area contributed by atoms with Gasteiger partial charge < -0.3 is 0 Å². The number of hydrogen-bond acceptors (Lipinski definition) is 3. The van der Waals surface area contributed by atoms with Crippen molar-refractivity contribution >= 4 is 26.0 Å². The van der Waals surface area contributed by atoms with E-state index in [0.29, 0.717) is 6.07 Å². The summed E-state index contributed by atoms with van der Waals surface area (Å²) >= 11 is 2.75. The van der Waals surface area contributed by atoms with E-state index in [1.54, 1.807) is 4.89 Å². The van der Waals surface area contributed by atoms with Crippen LogP contribution in [0.15, 0.2) is 21.5 Å². The molecule has 0 aliphatic carbocycles. The van der Waals surface area contributed by atoms with Crippen molar-refractivity contribution in [1.29, 1.82) is 0 Å². The molecular formula is C7H6BrF2NO3S. The summed E-state index contributed by atoms with van der Waals surface area (Å²) in [6.07, 6.45) is 0. The largest absolute Gasteiger partial charge is 0.290 e. The lowest BCUT2D eigenvalue weighted by molar-refractivity contribution is 0.153. The second kappa shape index (κ2) is 4.52. The van der Waals surface area contributed by atoms with Gasteiger partial charge >= 0.3 is 0 Å². The molecule has 4 nitrogen and oxygen atoms in total. The Labute approximate surface area is 93.4 Å². The van der Waals surface area contributed by atoms with Gasteiger partial charge in [0.1, 0.15) is 16.5 Å². The van der Waals surface area contributed by atoms with Crippen LogP contribution >= 0.6 is 15.9 Å². The fourth-order valence-electron chi connectivity index (χ4n) is 0.937. The number of halogens is 3. The maximum absolute atomic E-state index is 13.2. The highest BCUT2D eigenvalue weighted by Crippen LogP contribution is 2.25. The quantitative estimate of drug-likeness (QED) is 0.862. The van der Waals surface area contributed by atoms with Gasteiger partial charge in [-0.25, -0.2) is 17.2 Å². The number of sulfonamides is 1. The van der Waals surface area contributed by atoms with Gasteiger partial charge in [0.15, 0.2) is 0 Å². The average Bonchev–Trinajstić information content (AvgIpc) is 1.99. The predicted molar refractivity (Wildman–Crippen MR) is 51.4 cm³/mol. The highest BCUT2D eigenvalue weighted by Gasteiger charge is 2.23. The van der Waals surface area contributed by atoms with Crippen LogP contribution in [-0.4, -0.2) is 15.5 Å². The van der Waals surface area contributed by atoms with Crippen LogP contribution in [0, 0.1) is 11.6 Å². The van der Waals surface area contributed by atoms with E-state index in [4.69, 9.17) is 0 Å². The van der Waals surface area contributed by atoms with Gasteiger partial charge in [0.2, 0.25) is 0 Å². The Morgan fingerprint density at radius 2 is 2.00 bits per heavy atom. The molecule has 0 unspecified atom stereocenters. The molecule has 0 saturated heterocycles. The van der Waals surface area contributed by atoms with Gasteiger partial charge in [-0.1, -0.05) is 4.89 Å². The van der Waals surface area contributed by atoms with E-state index >= 15 is 0 Å². The first-order chi connectivity index (χ1) is 6.88. The highest BCUT2D eigenvalue weighted by molar-refractivity contribution is 9.10. The average molecular weight is 302 g/mol. The van der Waals surface area contributed by atoms with Gasteiger partial charge in [-0.2, -0.15) is 0 Å². The molecule has 84 valence electrons. The molecule has 0 aliphatic rings. The number of benzene rings is 1. The molecule has 1 aromatic carbocycles. The third-order valence-corrected chi connectivity index (χ3v) is 3.65. The molecule has 0 atom stereocenters. The lowest BCUT2D eigenvalue weighted by atomic mass is 10.3. The maximum atomic E-state index is 13.2. The van der Waals surface area contributed by atoms with Crippen molar-refractivity contribution in [1.82, 2.24) is 4.89 Å². The normalized spacial score (nSPS) is 11.7. The van der Waals surface area contributed by atoms with Crippen molar-refractivity contribution < 1.29 is 22.0 Å². The van der Waals surface area contributed by atoms with Crippen LogP contribution in [0.1, 0.15) is 0 Å². The highest BCUT2D eigenvalue weighted by atomic mass is 79.9. The molecule has 1 rings (SSSR count). The first-order valence-electron chi connectivity index (χ1n) is 3.58. The molecule has 0 fully saturated rings. The second-order valence-electron chi connectivity index (χ2n) is 2.49. The number of rotatable bonds is 3. The Bertz CT molecular complexity index is 454. The van der Waals surface area contributed by atoms with E-state index in [1.807, 2.05) is 0 Å². The van der Waals surface area contributed by atoms with Crippen molar-refractivity contribution in [2.45, 2.75) is 4.90 Å². The number of nitrogens with one attached hydrogen (secondary N) is 1. The SMILES string of the molecule is CONS(=O)(=O)c1c(F)cc(F)cc1Br. The van der Waals surface area contributed by atoms with Crippen LogP contribution in [0.3, 0.4) is 0 Å². The molecule has 0 heterocycles. The van der Waals surface area contributed by atoms with E-state index in [1.165, 1.54) is 0 Å². The van der Waals surface area contributed by atoms with Crippen LogP contribution in [0.2, 0.25) is 0 Å². The van der Waals surface area contributed by atoms with E-state index in [9.17, 15) is 17.2 Å². The van der Waals surface area contributed by atoms with Gasteiger partial charge in [-0.3, -0.25) is 4.84 Å². The minimum absolute atomic E-state index is 0.218. The molecule has 0 aliphatic heterocycles. The summed E-state index contributed by atoms with van der Waals surface area (Å²) in [5.74, 6) is -2.08. The smallest absolute Gasteiger partial charge is 0.266 e. The van der Waals surface area contributed by atoms with Gasteiger partial charge in [0, 0.05) is 10.5 Å². The fourth-order valence-corrected chi connectivity index (χ4v) is 2.92. The second-order valence-corrected chi connectivity index (χ2v) is 4.93. The standard InChI is InChI=1S/C7H6BrF2NO3S/c1-14-11-15(12,13)7-5(8)2-4(9)3-6(7)10/h2-3,11H,1H3. The van der Waals surface area contributed by atoms with Crippen LogP contribution in [0.4, 0.5) is 8.78 Å². The zero-order valence-electron chi connectivity index (χ0n) is 7.42. The fraction of sp³-hybridized carbons (Fsp3) is 0.143. The molecule has 15 heavy (non-hydrogen) atoms. The molecule has 0 spiro atoms. The zero-order chi connectivity index (χ0) is 11.6. The van der Waals surface area contributed by atoms with Crippen LogP contribution in [-0.2, 0) is 14.9 Å². The maximum Gasteiger partial charge on any atom is 0.266 e. The summed E-state index contributed by atoms with van der Waals surface area (Å²) < 4.78 is 48.3. The van der Waals surface area contributed by atoms with Crippen molar-refractivity contribution in [2.24, 2.45) is 0 Å². The van der Waals surface area contributed by atoms with Crippen molar-refractivity contribution in [3.05, 3.63) is 28.2 Å². The topological polar surface area (TPSA) is 55.4 Å². The van der Waals surface area contributed by atoms with Crippen molar-refractivity contribution in [3.8, 4) is 0 Å². The lowest BCUT2D eigenvalue weighted by Gasteiger charge is -2.07. The van der Waals surface area contributed by atoms with Crippen LogP contribution in [0.25, 0.3) is 0 Å². The summed E-state index contributed by atoms with van der Waals surface area (Å²) in [6.45, 7) is 0. The van der Waals surface area contributed by atoms with Gasteiger partial charge in [0.25, 0.3) is 10.0 Å². The summed E-state index contributed by atoms with van der Waals surface area (Å²) in [7, 11) is -3.09. The van der Waals surface area contributed by atoms with Gasteiger partial charge in [0.05, 0.1) is 7.11 Å². The minimum Gasteiger partial charge on any atom is -0.290 e. The minimum atomic E-state index is -4.15. The summed E-state index contributed by atoms with van der Waals surface area (Å²) in [4.78, 5) is 5.10. The van der Waals surface area contributed by atoms with Gasteiger partial charge in [-0.05, 0) is 22.0 Å². The summed E-state index contributed by atoms with van der Waals surface area (Å²) in [6, 6.07) is 1.31. The monoisotopic (exact) mass is 301 g/mol. The molecule has 0 radical (unpaired) electrons. The molecule has 8 heteroatoms. The predicted octanol–water partition coefficient (Wildman–Crippen LogP) is 1.57. The van der Waals surface area contributed by atoms with E-state index in [-0.39, 0.29) is 4.47 Å². The van der Waals surface area contributed by atoms with E-state index in [2.05, 4.69) is 20.8 Å². The van der Waals surface area contributed by atoms with Gasteiger partial charge in [-0.15, -0.1) is 0 Å². The van der Waals surface area contributed by atoms with Crippen LogP contribution in [0.5, 0.6) is 0 Å². The number of hydrogen-bond donors (Lipinski definition) is 1. The summed E-state index contributed by atoms with van der Waals surface area (Å²) in [5, 5.41) is 0. The van der Waals surface area contributed by atoms with E-state index in [0.717, 1.165) is 13.2 Å². The first kappa shape index (κ1) is 12.5.